The van der Waals surface area contributed by atoms with Gasteiger partial charge in [0.2, 0.25) is 0 Å². The van der Waals surface area contributed by atoms with Gasteiger partial charge in [-0.05, 0) is 43.5 Å². The van der Waals surface area contributed by atoms with Crippen molar-refractivity contribution >= 4 is 29.2 Å². The maximum Gasteiger partial charge on any atom is 0.331 e. The van der Waals surface area contributed by atoms with Crippen molar-refractivity contribution in [1.29, 1.82) is 10.7 Å². The van der Waals surface area contributed by atoms with Gasteiger partial charge >= 0.3 is 6.03 Å². The Hall–Kier alpha value is -2.06. The number of anilines is 1. The van der Waals surface area contributed by atoms with Crippen LogP contribution in [0, 0.1) is 16.7 Å². The van der Waals surface area contributed by atoms with E-state index in [-0.39, 0.29) is 17.9 Å². The van der Waals surface area contributed by atoms with Crippen LogP contribution < -0.4 is 4.90 Å². The Bertz CT molecular complexity index is 607. The first kappa shape index (κ1) is 12.9. The Morgan fingerprint density at radius 3 is 2.65 bits per heavy atom. The number of amides is 2. The number of amidine groups is 1. The van der Waals surface area contributed by atoms with E-state index in [2.05, 4.69) is 6.07 Å². The second-order valence-electron chi connectivity index (χ2n) is 4.98. The van der Waals surface area contributed by atoms with E-state index in [1.165, 1.54) is 4.90 Å². The van der Waals surface area contributed by atoms with E-state index in [0.29, 0.717) is 17.1 Å². The lowest BCUT2D eigenvalue weighted by molar-refractivity contribution is 0.173. The number of urea groups is 1. The summed E-state index contributed by atoms with van der Waals surface area (Å²) in [5.41, 5.74) is 0.621. The molecule has 2 atom stereocenters. The van der Waals surface area contributed by atoms with Gasteiger partial charge in [-0.1, -0.05) is 11.6 Å². The molecule has 5 nitrogen and oxygen atoms in total. The zero-order valence-corrected chi connectivity index (χ0v) is 11.5. The van der Waals surface area contributed by atoms with Crippen molar-refractivity contribution in [2.24, 2.45) is 0 Å². The van der Waals surface area contributed by atoms with Gasteiger partial charge in [-0.15, -0.1) is 0 Å². The lowest BCUT2D eigenvalue weighted by Gasteiger charge is -2.31. The average molecular weight is 289 g/mol. The van der Waals surface area contributed by atoms with Crippen molar-refractivity contribution in [3.05, 3.63) is 29.3 Å². The summed E-state index contributed by atoms with van der Waals surface area (Å²) in [7, 11) is 0. The highest BCUT2D eigenvalue weighted by molar-refractivity contribution is 6.30. The van der Waals surface area contributed by atoms with Crippen LogP contribution in [0.3, 0.4) is 0 Å². The van der Waals surface area contributed by atoms with Crippen molar-refractivity contribution in [2.75, 3.05) is 4.90 Å². The molecule has 2 saturated heterocycles. The highest BCUT2D eigenvalue weighted by Crippen LogP contribution is 2.34. The number of piperidine rings is 1. The molecule has 20 heavy (non-hydrogen) atoms. The largest absolute Gasteiger partial charge is 0.331 e. The van der Waals surface area contributed by atoms with Gasteiger partial charge in [-0.3, -0.25) is 10.3 Å². The van der Waals surface area contributed by atoms with Crippen LogP contribution in [0.2, 0.25) is 5.02 Å². The highest BCUT2D eigenvalue weighted by atomic mass is 35.5. The topological polar surface area (TPSA) is 71.2 Å². The fourth-order valence-corrected chi connectivity index (χ4v) is 2.99. The first-order valence-corrected chi connectivity index (χ1v) is 6.87. The van der Waals surface area contributed by atoms with Gasteiger partial charge in [0.05, 0.1) is 17.8 Å². The third kappa shape index (κ3) is 1.84. The van der Waals surface area contributed by atoms with Crippen LogP contribution in [0.5, 0.6) is 0 Å². The number of benzene rings is 1. The molecule has 1 N–H and O–H groups in total. The number of nitrogens with zero attached hydrogens (tertiary/aromatic N) is 3. The van der Waals surface area contributed by atoms with Crippen LogP contribution in [0.15, 0.2) is 24.3 Å². The van der Waals surface area contributed by atoms with Crippen molar-refractivity contribution in [3.8, 4) is 6.07 Å². The van der Waals surface area contributed by atoms with E-state index in [1.54, 1.807) is 29.2 Å². The zero-order valence-electron chi connectivity index (χ0n) is 10.7. The molecule has 0 bridgehead atoms. The van der Waals surface area contributed by atoms with Gasteiger partial charge in [0.1, 0.15) is 11.9 Å². The SMILES string of the molecule is N#CC1CCCC2C(=N)N(c3ccc(Cl)cc3)C(=O)N12. The number of nitrogens with one attached hydrogen (secondary N) is 1. The lowest BCUT2D eigenvalue weighted by atomic mass is 9.97. The normalized spacial score (nSPS) is 25.6. The van der Waals surface area contributed by atoms with Crippen LogP contribution in [0.4, 0.5) is 10.5 Å². The van der Waals surface area contributed by atoms with Crippen molar-refractivity contribution < 1.29 is 4.79 Å². The summed E-state index contributed by atoms with van der Waals surface area (Å²) >= 11 is 5.85. The number of carbonyl (C=O) groups is 1. The van der Waals surface area contributed by atoms with E-state index in [4.69, 9.17) is 17.0 Å². The fourth-order valence-electron chi connectivity index (χ4n) is 2.87. The summed E-state index contributed by atoms with van der Waals surface area (Å²) < 4.78 is 0. The molecular weight excluding hydrogens is 276 g/mol. The molecule has 1 aromatic carbocycles. The van der Waals surface area contributed by atoms with E-state index in [1.807, 2.05) is 0 Å². The molecule has 1 aromatic rings. The molecule has 0 spiro atoms. The highest BCUT2D eigenvalue weighted by Gasteiger charge is 2.48. The smallest absolute Gasteiger partial charge is 0.298 e. The molecular formula is C14H13ClN4O. The van der Waals surface area contributed by atoms with Crippen molar-refractivity contribution in [1.82, 2.24) is 4.90 Å². The Morgan fingerprint density at radius 2 is 2.00 bits per heavy atom. The standard InChI is InChI=1S/C14H13ClN4O/c15-9-4-6-10(7-5-9)19-13(17)12-3-1-2-11(8-16)18(12)14(19)20/h4-7,11-12,17H,1-3H2. The molecule has 2 aliphatic heterocycles. The van der Waals surface area contributed by atoms with Gasteiger partial charge in [0.15, 0.2) is 0 Å². The maximum atomic E-state index is 12.5. The molecule has 0 aliphatic carbocycles. The summed E-state index contributed by atoms with van der Waals surface area (Å²) in [6, 6.07) is 7.99. The van der Waals surface area contributed by atoms with Crippen LogP contribution >= 0.6 is 11.6 Å². The monoisotopic (exact) mass is 288 g/mol. The molecule has 2 fully saturated rings. The molecule has 2 unspecified atom stereocenters. The number of carbonyl (C=O) groups excluding carboxylic acids is 1. The number of fused-ring (bicyclic) bond motifs is 1. The molecule has 0 aromatic heterocycles. The average Bonchev–Trinajstić information content (AvgIpc) is 2.72. The molecule has 2 amide bonds. The summed E-state index contributed by atoms with van der Waals surface area (Å²) in [6.07, 6.45) is 2.29. The Balaban J connectivity index is 1.98. The minimum Gasteiger partial charge on any atom is -0.298 e. The predicted molar refractivity (Wildman–Crippen MR) is 75.9 cm³/mol. The van der Waals surface area contributed by atoms with Crippen LogP contribution in [0.25, 0.3) is 0 Å². The Morgan fingerprint density at radius 1 is 1.30 bits per heavy atom. The molecule has 2 heterocycles. The molecule has 2 aliphatic rings. The van der Waals surface area contributed by atoms with Crippen LogP contribution in [-0.4, -0.2) is 28.9 Å². The summed E-state index contributed by atoms with van der Waals surface area (Å²) in [4.78, 5) is 15.4. The van der Waals surface area contributed by atoms with Crippen LogP contribution in [-0.2, 0) is 0 Å². The fraction of sp³-hybridized carbons (Fsp3) is 0.357. The summed E-state index contributed by atoms with van der Waals surface area (Å²) in [6.45, 7) is 0. The second-order valence-corrected chi connectivity index (χ2v) is 5.41. The second kappa shape index (κ2) is 4.80. The third-order valence-corrected chi connectivity index (χ3v) is 4.08. The van der Waals surface area contributed by atoms with Gasteiger partial charge in [0, 0.05) is 5.02 Å². The minimum atomic E-state index is -0.432. The molecule has 0 saturated carbocycles. The Labute approximate surface area is 121 Å². The van der Waals surface area contributed by atoms with E-state index >= 15 is 0 Å². The quantitative estimate of drug-likeness (QED) is 0.863. The predicted octanol–water partition coefficient (Wildman–Crippen LogP) is 3.00. The van der Waals surface area contributed by atoms with Gasteiger partial charge < -0.3 is 0 Å². The van der Waals surface area contributed by atoms with Crippen molar-refractivity contribution in [2.45, 2.75) is 31.3 Å². The lowest BCUT2D eigenvalue weighted by Crippen LogP contribution is -2.45. The van der Waals surface area contributed by atoms with Gasteiger partial charge in [0.25, 0.3) is 0 Å². The van der Waals surface area contributed by atoms with E-state index in [9.17, 15) is 10.1 Å². The number of hydrogen-bond acceptors (Lipinski definition) is 3. The molecule has 6 heteroatoms. The minimum absolute atomic E-state index is 0.247. The van der Waals surface area contributed by atoms with Gasteiger partial charge in [-0.25, -0.2) is 9.69 Å². The number of rotatable bonds is 1. The zero-order chi connectivity index (χ0) is 14.3. The number of hydrogen-bond donors (Lipinski definition) is 1. The molecule has 3 rings (SSSR count). The maximum absolute atomic E-state index is 12.5. The van der Waals surface area contributed by atoms with E-state index < -0.39 is 6.04 Å². The third-order valence-electron chi connectivity index (χ3n) is 3.83. The van der Waals surface area contributed by atoms with Crippen LogP contribution in [0.1, 0.15) is 19.3 Å². The summed E-state index contributed by atoms with van der Waals surface area (Å²) in [5, 5.41) is 18.0. The first-order chi connectivity index (χ1) is 9.63. The van der Waals surface area contributed by atoms with E-state index in [0.717, 1.165) is 12.8 Å². The van der Waals surface area contributed by atoms with Gasteiger partial charge in [-0.2, -0.15) is 5.26 Å². The first-order valence-electron chi connectivity index (χ1n) is 6.49. The Kier molecular flexibility index (Phi) is 3.11. The molecule has 102 valence electrons. The number of halogens is 1. The number of nitriles is 1. The van der Waals surface area contributed by atoms with Crippen molar-refractivity contribution in [3.63, 3.8) is 0 Å². The summed E-state index contributed by atoms with van der Waals surface area (Å²) in [5.74, 6) is 0.247. The molecule has 0 radical (unpaired) electrons.